The van der Waals surface area contributed by atoms with Crippen LogP contribution in [0.5, 0.6) is 0 Å². The van der Waals surface area contributed by atoms with E-state index >= 15 is 0 Å². The van der Waals surface area contributed by atoms with E-state index in [1.54, 1.807) is 6.92 Å². The van der Waals surface area contributed by atoms with Crippen LogP contribution in [-0.2, 0) is 4.74 Å². The standard InChI is InChI=1S/C12H21F5O/c1-6-18-8-7-9(2,3)11(14,15)12(16,17)10(4,5)13/h6-8H2,1-5H3. The first kappa shape index (κ1) is 17.6. The number of halogens is 5. The number of hydrogen-bond donors (Lipinski definition) is 0. The van der Waals surface area contributed by atoms with Crippen molar-refractivity contribution in [3.8, 4) is 0 Å². The van der Waals surface area contributed by atoms with Gasteiger partial charge in [-0.15, -0.1) is 0 Å². The third-order valence-electron chi connectivity index (χ3n) is 3.07. The molecule has 0 saturated carbocycles. The SMILES string of the molecule is CCOCCC(C)(C)C(F)(F)C(F)(F)C(C)(C)F. The van der Waals surface area contributed by atoms with Gasteiger partial charge >= 0.3 is 11.8 Å². The van der Waals surface area contributed by atoms with Crippen molar-refractivity contribution in [2.45, 2.75) is 58.6 Å². The van der Waals surface area contributed by atoms with Crippen molar-refractivity contribution in [1.82, 2.24) is 0 Å². The Bertz CT molecular complexity index is 268. The molecule has 0 radical (unpaired) electrons. The minimum absolute atomic E-state index is 0.0676. The molecule has 110 valence electrons. The second-order valence-corrected chi connectivity index (χ2v) is 5.45. The fourth-order valence-corrected chi connectivity index (χ4v) is 1.43. The average molecular weight is 276 g/mol. The van der Waals surface area contributed by atoms with E-state index in [-0.39, 0.29) is 13.0 Å². The fraction of sp³-hybridized carbons (Fsp3) is 1.00. The highest BCUT2D eigenvalue weighted by atomic mass is 19.3. The molecule has 6 heteroatoms. The Morgan fingerprint density at radius 2 is 1.28 bits per heavy atom. The number of ether oxygens (including phenoxy) is 1. The molecule has 1 nitrogen and oxygen atoms in total. The molecule has 0 amide bonds. The van der Waals surface area contributed by atoms with Gasteiger partial charge in [0.2, 0.25) is 0 Å². The van der Waals surface area contributed by atoms with E-state index in [9.17, 15) is 22.0 Å². The van der Waals surface area contributed by atoms with Gasteiger partial charge in [-0.1, -0.05) is 13.8 Å². The first-order valence-electron chi connectivity index (χ1n) is 5.83. The predicted octanol–water partition coefficient (Wildman–Crippen LogP) is 4.46. The molecule has 0 aliphatic rings. The lowest BCUT2D eigenvalue weighted by Crippen LogP contribution is -2.60. The third-order valence-corrected chi connectivity index (χ3v) is 3.07. The zero-order chi connectivity index (χ0) is 14.8. The highest BCUT2D eigenvalue weighted by molar-refractivity contribution is 5.03. The van der Waals surface area contributed by atoms with E-state index in [2.05, 4.69) is 0 Å². The minimum atomic E-state index is -4.74. The summed E-state index contributed by atoms with van der Waals surface area (Å²) in [4.78, 5) is 0. The molecule has 0 aliphatic carbocycles. The Hall–Kier alpha value is -0.390. The summed E-state index contributed by atoms with van der Waals surface area (Å²) < 4.78 is 73.0. The predicted molar refractivity (Wildman–Crippen MR) is 60.0 cm³/mol. The van der Waals surface area contributed by atoms with Crippen molar-refractivity contribution < 1.29 is 26.7 Å². The van der Waals surface area contributed by atoms with Crippen LogP contribution >= 0.6 is 0 Å². The van der Waals surface area contributed by atoms with Gasteiger partial charge < -0.3 is 4.74 Å². The van der Waals surface area contributed by atoms with Crippen LogP contribution in [0.1, 0.15) is 41.0 Å². The summed E-state index contributed by atoms with van der Waals surface area (Å²) in [5.41, 5.74) is -5.35. The Labute approximate surface area is 105 Å². The van der Waals surface area contributed by atoms with Gasteiger partial charge in [-0.3, -0.25) is 0 Å². The van der Waals surface area contributed by atoms with Crippen molar-refractivity contribution in [1.29, 1.82) is 0 Å². The molecule has 18 heavy (non-hydrogen) atoms. The number of alkyl halides is 5. The van der Waals surface area contributed by atoms with Crippen molar-refractivity contribution in [3.05, 3.63) is 0 Å². The number of hydrogen-bond acceptors (Lipinski definition) is 1. The normalized spacial score (nSPS) is 15.0. The van der Waals surface area contributed by atoms with Crippen LogP contribution in [0.25, 0.3) is 0 Å². The molecule has 0 rings (SSSR count). The van der Waals surface area contributed by atoms with E-state index in [1.807, 2.05) is 0 Å². The van der Waals surface area contributed by atoms with Gasteiger partial charge in [0.1, 0.15) is 0 Å². The zero-order valence-corrected chi connectivity index (χ0v) is 11.4. The van der Waals surface area contributed by atoms with Crippen molar-refractivity contribution in [3.63, 3.8) is 0 Å². The van der Waals surface area contributed by atoms with E-state index in [0.29, 0.717) is 20.5 Å². The highest BCUT2D eigenvalue weighted by Crippen LogP contribution is 2.54. The van der Waals surface area contributed by atoms with Crippen LogP contribution < -0.4 is 0 Å². The minimum Gasteiger partial charge on any atom is -0.382 e. The molecule has 0 bridgehead atoms. The van der Waals surface area contributed by atoms with Gasteiger partial charge in [0.05, 0.1) is 0 Å². The zero-order valence-electron chi connectivity index (χ0n) is 11.4. The maximum Gasteiger partial charge on any atom is 0.343 e. The smallest absolute Gasteiger partial charge is 0.343 e. The summed E-state index contributed by atoms with van der Waals surface area (Å²) in [5.74, 6) is -9.20. The first-order chi connectivity index (χ1) is 7.81. The lowest BCUT2D eigenvalue weighted by atomic mass is 9.76. The Morgan fingerprint density at radius 1 is 0.833 bits per heavy atom. The molecule has 0 aromatic carbocycles. The molecule has 0 unspecified atom stereocenters. The second kappa shape index (κ2) is 5.31. The van der Waals surface area contributed by atoms with Crippen LogP contribution in [0.3, 0.4) is 0 Å². The molecule has 0 fully saturated rings. The maximum atomic E-state index is 13.9. The lowest BCUT2D eigenvalue weighted by molar-refractivity contribution is -0.304. The first-order valence-corrected chi connectivity index (χ1v) is 5.83. The third kappa shape index (κ3) is 3.13. The fourth-order valence-electron chi connectivity index (χ4n) is 1.43. The van der Waals surface area contributed by atoms with Gasteiger partial charge in [-0.05, 0) is 27.2 Å². The van der Waals surface area contributed by atoms with Gasteiger partial charge in [0.15, 0.2) is 5.67 Å². The van der Waals surface area contributed by atoms with E-state index in [1.165, 1.54) is 0 Å². The molecule has 0 atom stereocenters. The second-order valence-electron chi connectivity index (χ2n) is 5.45. The number of rotatable bonds is 7. The summed E-state index contributed by atoms with van der Waals surface area (Å²) in [6, 6.07) is 0. The Morgan fingerprint density at radius 3 is 1.61 bits per heavy atom. The molecule has 0 aliphatic heterocycles. The van der Waals surface area contributed by atoms with Gasteiger partial charge in [-0.25, -0.2) is 4.39 Å². The summed E-state index contributed by atoms with van der Waals surface area (Å²) in [7, 11) is 0. The molecule has 0 N–H and O–H groups in total. The van der Waals surface area contributed by atoms with E-state index in [0.717, 1.165) is 13.8 Å². The lowest BCUT2D eigenvalue weighted by Gasteiger charge is -2.42. The molecule has 0 spiro atoms. The topological polar surface area (TPSA) is 9.23 Å². The van der Waals surface area contributed by atoms with Crippen LogP contribution in [-0.4, -0.2) is 30.7 Å². The van der Waals surface area contributed by atoms with Crippen molar-refractivity contribution >= 4 is 0 Å². The van der Waals surface area contributed by atoms with Crippen LogP contribution in [0.4, 0.5) is 22.0 Å². The van der Waals surface area contributed by atoms with E-state index < -0.39 is 22.9 Å². The largest absolute Gasteiger partial charge is 0.382 e. The van der Waals surface area contributed by atoms with E-state index in [4.69, 9.17) is 4.74 Å². The molecule has 0 aromatic rings. The van der Waals surface area contributed by atoms with Crippen LogP contribution in [0.15, 0.2) is 0 Å². The van der Waals surface area contributed by atoms with Crippen molar-refractivity contribution in [2.24, 2.45) is 5.41 Å². The Balaban J connectivity index is 5.11. The summed E-state index contributed by atoms with van der Waals surface area (Å²) >= 11 is 0. The van der Waals surface area contributed by atoms with Crippen LogP contribution in [0.2, 0.25) is 0 Å². The molecule has 0 saturated heterocycles. The van der Waals surface area contributed by atoms with Crippen molar-refractivity contribution in [2.75, 3.05) is 13.2 Å². The quantitative estimate of drug-likeness (QED) is 0.493. The molecule has 0 heterocycles. The monoisotopic (exact) mass is 276 g/mol. The highest BCUT2D eigenvalue weighted by Gasteiger charge is 2.71. The van der Waals surface area contributed by atoms with Gasteiger partial charge in [0, 0.05) is 18.6 Å². The van der Waals surface area contributed by atoms with Crippen LogP contribution in [0, 0.1) is 5.41 Å². The molecular formula is C12H21F5O. The summed E-state index contributed by atoms with van der Waals surface area (Å²) in [5, 5.41) is 0. The van der Waals surface area contributed by atoms with Gasteiger partial charge in [0.25, 0.3) is 0 Å². The summed E-state index contributed by atoms with van der Waals surface area (Å²) in [6.45, 7) is 4.81. The maximum absolute atomic E-state index is 13.9. The summed E-state index contributed by atoms with van der Waals surface area (Å²) in [6.07, 6.45) is -0.278. The van der Waals surface area contributed by atoms with Gasteiger partial charge in [-0.2, -0.15) is 17.6 Å². The molecular weight excluding hydrogens is 255 g/mol. The molecule has 0 aromatic heterocycles. The Kier molecular flexibility index (Phi) is 5.19. The average Bonchev–Trinajstić information content (AvgIpc) is 2.15.